The van der Waals surface area contributed by atoms with E-state index in [0.717, 1.165) is 34.9 Å². The molecule has 1 fully saturated rings. The van der Waals surface area contributed by atoms with Crippen molar-refractivity contribution in [2.45, 2.75) is 63.3 Å². The van der Waals surface area contributed by atoms with Crippen LogP contribution in [-0.2, 0) is 36.9 Å². The number of amides is 3. The molecule has 0 radical (unpaired) electrons. The molecule has 0 bridgehead atoms. The zero-order chi connectivity index (χ0) is 33.6. The fourth-order valence-corrected chi connectivity index (χ4v) is 5.77. The summed E-state index contributed by atoms with van der Waals surface area (Å²) in [6.07, 6.45) is 6.36. The monoisotopic (exact) mass is 644 g/mol. The molecule has 11 nitrogen and oxygen atoms in total. The number of nitrogens with zero attached hydrogens (tertiary/aromatic N) is 1. The Hall–Kier alpha value is -4.90. The molecule has 0 spiro atoms. The van der Waals surface area contributed by atoms with Crippen LogP contribution in [0, 0.1) is 5.92 Å². The van der Waals surface area contributed by atoms with E-state index in [1.807, 2.05) is 60.8 Å². The van der Waals surface area contributed by atoms with Crippen LogP contribution in [0.5, 0.6) is 0 Å². The Morgan fingerprint density at radius 3 is 2.49 bits per heavy atom. The summed E-state index contributed by atoms with van der Waals surface area (Å²) < 4.78 is 10.9. The summed E-state index contributed by atoms with van der Waals surface area (Å²) in [6, 6.07) is 14.9. The molecule has 3 aromatic rings. The molecule has 0 saturated carbocycles. The molecule has 0 aliphatic carbocycles. The molecule has 1 aliphatic heterocycles. The van der Waals surface area contributed by atoms with Gasteiger partial charge in [-0.05, 0) is 49.3 Å². The van der Waals surface area contributed by atoms with Crippen LogP contribution in [-0.4, -0.2) is 76.8 Å². The molecule has 1 aromatic heterocycles. The van der Waals surface area contributed by atoms with Crippen LogP contribution in [0.4, 0.5) is 4.79 Å². The number of fused-ring (bicyclic) bond motifs is 1. The number of hydrogen-bond donors (Lipinski definition) is 4. The van der Waals surface area contributed by atoms with Crippen LogP contribution in [0.3, 0.4) is 0 Å². The number of carbonyl (C=O) groups is 4. The minimum Gasteiger partial charge on any atom is -0.462 e. The second kappa shape index (κ2) is 17.7. The van der Waals surface area contributed by atoms with Gasteiger partial charge in [0, 0.05) is 30.1 Å². The number of aromatic nitrogens is 1. The number of allylic oxidation sites excluding steroid dienone is 1. The molecule has 2 aromatic carbocycles. The third-order valence-corrected chi connectivity index (χ3v) is 8.26. The summed E-state index contributed by atoms with van der Waals surface area (Å²) in [7, 11) is 0. The Morgan fingerprint density at radius 1 is 1.00 bits per heavy atom. The van der Waals surface area contributed by atoms with Crippen molar-refractivity contribution >= 4 is 34.8 Å². The number of nitrogens with one attached hydrogen (secondary N) is 3. The van der Waals surface area contributed by atoms with Crippen molar-refractivity contribution in [2.75, 3.05) is 19.8 Å². The standard InChI is InChI=1S/C36H44N4O7/c1-3-11-26(20-33(42)40-18-10-15-29(40)22-41)34(43)38-28(19-27-21-37-31-17-9-8-16-30(27)31)24-46-35(44)32(12-4-2)39-36(45)47-23-25-13-6-5-7-14-25/h3-9,13-14,16-17,21,26,28-29,32,37,41H,1-2,10-12,15,18-20,22-24H2,(H,38,43)(H,39,45)/t26-,28+,29+,32-/m1/s1. The van der Waals surface area contributed by atoms with Gasteiger partial charge in [0.2, 0.25) is 11.8 Å². The van der Waals surface area contributed by atoms with E-state index < -0.39 is 30.1 Å². The number of ether oxygens (including phenoxy) is 2. The van der Waals surface area contributed by atoms with Gasteiger partial charge in [-0.2, -0.15) is 0 Å². The van der Waals surface area contributed by atoms with Gasteiger partial charge in [0.05, 0.1) is 24.6 Å². The molecular weight excluding hydrogens is 600 g/mol. The number of likely N-dealkylation sites (tertiary alicyclic amines) is 1. The maximum Gasteiger partial charge on any atom is 0.408 e. The Labute approximate surface area is 275 Å². The lowest BCUT2D eigenvalue weighted by molar-refractivity contribution is -0.147. The number of benzene rings is 2. The number of carbonyl (C=O) groups excluding carboxylic acids is 4. The summed E-state index contributed by atoms with van der Waals surface area (Å²) in [5.74, 6) is -1.97. The van der Waals surface area contributed by atoms with Crippen LogP contribution in [0.25, 0.3) is 10.9 Å². The number of esters is 1. The Bertz CT molecular complexity index is 1520. The Morgan fingerprint density at radius 2 is 1.74 bits per heavy atom. The van der Waals surface area contributed by atoms with Gasteiger partial charge in [-0.15, -0.1) is 13.2 Å². The summed E-state index contributed by atoms with van der Waals surface area (Å²) in [5.41, 5.74) is 2.63. The summed E-state index contributed by atoms with van der Waals surface area (Å²) in [6.45, 7) is 7.73. The fraction of sp³-hybridized carbons (Fsp3) is 0.389. The van der Waals surface area contributed by atoms with Gasteiger partial charge in [0.1, 0.15) is 19.3 Å². The van der Waals surface area contributed by atoms with Gasteiger partial charge < -0.3 is 35.1 Å². The van der Waals surface area contributed by atoms with Crippen LogP contribution >= 0.6 is 0 Å². The van der Waals surface area contributed by atoms with E-state index in [1.165, 1.54) is 6.08 Å². The van der Waals surface area contributed by atoms with Crippen molar-refractivity contribution in [2.24, 2.45) is 5.92 Å². The normalized spacial score (nSPS) is 16.1. The molecule has 0 unspecified atom stereocenters. The number of aromatic amines is 1. The van der Waals surface area contributed by atoms with Crippen LogP contribution in [0.1, 0.15) is 43.2 Å². The van der Waals surface area contributed by atoms with E-state index >= 15 is 0 Å². The van der Waals surface area contributed by atoms with E-state index in [2.05, 4.69) is 28.8 Å². The largest absolute Gasteiger partial charge is 0.462 e. The van der Waals surface area contributed by atoms with E-state index in [-0.39, 0.29) is 56.9 Å². The first-order chi connectivity index (χ1) is 22.8. The highest BCUT2D eigenvalue weighted by atomic mass is 16.6. The molecule has 2 heterocycles. The SMILES string of the molecule is C=CC[C@H](CC(=O)N1CCC[C@H]1CO)C(=O)N[C@H](COC(=O)[C@@H](CC=C)NC(=O)OCc1ccccc1)Cc1c[nH]c2ccccc12. The van der Waals surface area contributed by atoms with Gasteiger partial charge in [-0.25, -0.2) is 9.59 Å². The highest BCUT2D eigenvalue weighted by Crippen LogP contribution is 2.22. The lowest BCUT2D eigenvalue weighted by Crippen LogP contribution is -2.47. The van der Waals surface area contributed by atoms with Crippen LogP contribution in [0.15, 0.2) is 86.1 Å². The highest BCUT2D eigenvalue weighted by Gasteiger charge is 2.32. The number of aliphatic hydroxyl groups is 1. The topological polar surface area (TPSA) is 150 Å². The maximum absolute atomic E-state index is 13.6. The van der Waals surface area contributed by atoms with E-state index in [9.17, 15) is 24.3 Å². The van der Waals surface area contributed by atoms with Crippen molar-refractivity contribution in [1.82, 2.24) is 20.5 Å². The molecular formula is C36H44N4O7. The molecule has 3 amide bonds. The van der Waals surface area contributed by atoms with Crippen molar-refractivity contribution in [1.29, 1.82) is 0 Å². The van der Waals surface area contributed by atoms with Crippen molar-refractivity contribution in [3.63, 3.8) is 0 Å². The third kappa shape index (κ3) is 10.0. The molecule has 47 heavy (non-hydrogen) atoms. The molecule has 11 heteroatoms. The molecule has 4 atom stereocenters. The number of H-pyrrole nitrogens is 1. The molecule has 4 rings (SSSR count). The first-order valence-electron chi connectivity index (χ1n) is 15.9. The van der Waals surface area contributed by atoms with Gasteiger partial charge >= 0.3 is 12.1 Å². The predicted molar refractivity (Wildman–Crippen MR) is 178 cm³/mol. The van der Waals surface area contributed by atoms with E-state index in [1.54, 1.807) is 11.0 Å². The number of rotatable bonds is 17. The van der Waals surface area contributed by atoms with Gasteiger partial charge in [0.15, 0.2) is 0 Å². The minimum atomic E-state index is -1.05. The van der Waals surface area contributed by atoms with Gasteiger partial charge in [-0.3, -0.25) is 9.59 Å². The Balaban J connectivity index is 1.43. The smallest absolute Gasteiger partial charge is 0.408 e. The quantitative estimate of drug-likeness (QED) is 0.127. The van der Waals surface area contributed by atoms with Crippen LogP contribution in [0.2, 0.25) is 0 Å². The number of hydrogen-bond acceptors (Lipinski definition) is 7. The summed E-state index contributed by atoms with van der Waals surface area (Å²) in [4.78, 5) is 57.3. The highest BCUT2D eigenvalue weighted by molar-refractivity contribution is 5.87. The van der Waals surface area contributed by atoms with Crippen molar-refractivity contribution in [3.05, 3.63) is 97.2 Å². The second-order valence-corrected chi connectivity index (χ2v) is 11.7. The summed E-state index contributed by atoms with van der Waals surface area (Å²) in [5, 5.41) is 16.2. The minimum absolute atomic E-state index is 0.0358. The molecule has 250 valence electrons. The second-order valence-electron chi connectivity index (χ2n) is 11.7. The Kier molecular flexibility index (Phi) is 13.2. The number of alkyl carbamates (subject to hydrolysis) is 1. The molecule has 1 saturated heterocycles. The summed E-state index contributed by atoms with van der Waals surface area (Å²) >= 11 is 0. The zero-order valence-electron chi connectivity index (χ0n) is 26.6. The van der Waals surface area contributed by atoms with Crippen LogP contribution < -0.4 is 10.6 Å². The van der Waals surface area contributed by atoms with Gasteiger partial charge in [-0.1, -0.05) is 60.7 Å². The molecule has 4 N–H and O–H groups in total. The number of para-hydroxylation sites is 1. The van der Waals surface area contributed by atoms with Crippen molar-refractivity contribution < 1.29 is 33.8 Å². The first kappa shape index (κ1) is 35.0. The lowest BCUT2D eigenvalue weighted by Gasteiger charge is -2.26. The lowest BCUT2D eigenvalue weighted by atomic mass is 9.97. The van der Waals surface area contributed by atoms with E-state index in [4.69, 9.17) is 9.47 Å². The number of aliphatic hydroxyl groups excluding tert-OH is 1. The first-order valence-corrected chi connectivity index (χ1v) is 15.9. The average Bonchev–Trinajstić information content (AvgIpc) is 3.73. The molecule has 1 aliphatic rings. The predicted octanol–water partition coefficient (Wildman–Crippen LogP) is 4.18. The van der Waals surface area contributed by atoms with E-state index in [0.29, 0.717) is 13.0 Å². The zero-order valence-corrected chi connectivity index (χ0v) is 26.6. The fourth-order valence-electron chi connectivity index (χ4n) is 5.77. The average molecular weight is 645 g/mol. The van der Waals surface area contributed by atoms with Crippen molar-refractivity contribution in [3.8, 4) is 0 Å². The third-order valence-electron chi connectivity index (χ3n) is 8.26. The van der Waals surface area contributed by atoms with Gasteiger partial charge in [0.25, 0.3) is 0 Å². The maximum atomic E-state index is 13.6.